The van der Waals surface area contributed by atoms with Crippen LogP contribution in [0.1, 0.15) is 48.8 Å². The van der Waals surface area contributed by atoms with Crippen LogP contribution in [0.2, 0.25) is 0 Å². The van der Waals surface area contributed by atoms with Crippen LogP contribution in [0.5, 0.6) is 0 Å². The summed E-state index contributed by atoms with van der Waals surface area (Å²) in [6.07, 6.45) is 6.85. The Kier molecular flexibility index (Phi) is 8.56. The Morgan fingerprint density at radius 2 is 0.913 bits per heavy atom. The number of benzene rings is 9. The van der Waals surface area contributed by atoms with E-state index in [2.05, 4.69) is 234 Å². The van der Waals surface area contributed by atoms with Crippen LogP contribution in [-0.4, -0.2) is 6.71 Å². The predicted molar refractivity (Wildman–Crippen MR) is 289 cm³/mol. The molecule has 330 valence electrons. The van der Waals surface area contributed by atoms with Gasteiger partial charge in [0.15, 0.2) is 0 Å². The smallest absolute Gasteiger partial charge is 0.252 e. The van der Waals surface area contributed by atoms with Gasteiger partial charge in [0.2, 0.25) is 0 Å². The minimum atomic E-state index is -0.00769. The summed E-state index contributed by atoms with van der Waals surface area (Å²) in [6.45, 7) is 2.49. The van der Waals surface area contributed by atoms with E-state index in [0.29, 0.717) is 11.8 Å². The SMILES string of the molecule is Cc1ccc2c3c1N(c1ccccc1)c1cc(-c4ccc(-c5ccccc5)cc4)cc4c1B3c1c(cccc1C21C2CC3CC(C2)CC1C3)N4c1ccc(N(c2ccccc2)c2ccccc2)cc1. The van der Waals surface area contributed by atoms with Gasteiger partial charge in [-0.05, 0) is 197 Å². The molecule has 4 heteroatoms. The van der Waals surface area contributed by atoms with E-state index in [1.54, 1.807) is 22.1 Å². The fourth-order valence-corrected chi connectivity index (χ4v) is 15.1. The molecule has 4 aliphatic carbocycles. The summed E-state index contributed by atoms with van der Waals surface area (Å²) in [7, 11) is 0. The fraction of sp³-hybridized carbons (Fsp3) is 0.169. The molecular weight excluding hydrogens is 834 g/mol. The number of para-hydroxylation sites is 3. The van der Waals surface area contributed by atoms with Crippen molar-refractivity contribution in [2.75, 3.05) is 14.7 Å². The molecule has 4 saturated carbocycles. The van der Waals surface area contributed by atoms with Gasteiger partial charge in [0.1, 0.15) is 0 Å². The molecule has 9 aromatic rings. The topological polar surface area (TPSA) is 9.72 Å². The normalized spacial score (nSPS) is 21.7. The highest BCUT2D eigenvalue weighted by molar-refractivity contribution is 7.01. The molecule has 0 saturated heterocycles. The van der Waals surface area contributed by atoms with Gasteiger partial charge in [-0.3, -0.25) is 0 Å². The summed E-state index contributed by atoms with van der Waals surface area (Å²) < 4.78 is 0. The number of rotatable bonds is 7. The van der Waals surface area contributed by atoms with Crippen LogP contribution in [0.25, 0.3) is 22.3 Å². The van der Waals surface area contributed by atoms with Crippen LogP contribution in [0.15, 0.2) is 212 Å². The van der Waals surface area contributed by atoms with Gasteiger partial charge in [-0.15, -0.1) is 0 Å². The molecule has 3 heterocycles. The first-order valence-electron chi connectivity index (χ1n) is 25.4. The lowest BCUT2D eigenvalue weighted by Gasteiger charge is -2.65. The average molecular weight is 886 g/mol. The van der Waals surface area contributed by atoms with Crippen LogP contribution in [0.4, 0.5) is 51.2 Å². The monoisotopic (exact) mass is 885 g/mol. The van der Waals surface area contributed by atoms with Crippen molar-refractivity contribution >= 4 is 74.3 Å². The third-order valence-corrected chi connectivity index (χ3v) is 17.5. The number of hydrogen-bond donors (Lipinski definition) is 0. The van der Waals surface area contributed by atoms with Crippen molar-refractivity contribution in [2.24, 2.45) is 23.7 Å². The summed E-state index contributed by atoms with van der Waals surface area (Å²) in [5.41, 5.74) is 25.1. The van der Waals surface area contributed by atoms with Crippen LogP contribution in [-0.2, 0) is 5.41 Å². The van der Waals surface area contributed by atoms with Crippen molar-refractivity contribution in [3.8, 4) is 22.3 Å². The van der Waals surface area contributed by atoms with E-state index in [4.69, 9.17) is 0 Å². The minimum Gasteiger partial charge on any atom is -0.311 e. The molecule has 16 rings (SSSR count). The summed E-state index contributed by atoms with van der Waals surface area (Å²) >= 11 is 0. The second-order valence-electron chi connectivity index (χ2n) is 20.9. The number of hydrogen-bond acceptors (Lipinski definition) is 3. The lowest BCUT2D eigenvalue weighted by molar-refractivity contribution is -0.0412. The highest BCUT2D eigenvalue weighted by Crippen LogP contribution is 2.67. The van der Waals surface area contributed by atoms with Crippen molar-refractivity contribution < 1.29 is 0 Å². The Morgan fingerprint density at radius 1 is 0.406 bits per heavy atom. The number of nitrogens with zero attached hydrogens (tertiary/aromatic N) is 3. The Hall–Kier alpha value is -7.56. The van der Waals surface area contributed by atoms with Crippen molar-refractivity contribution in [3.05, 3.63) is 229 Å². The maximum atomic E-state index is 2.67. The molecule has 0 radical (unpaired) electrons. The molecule has 0 unspecified atom stereocenters. The Labute approximate surface area is 406 Å². The van der Waals surface area contributed by atoms with E-state index in [-0.39, 0.29) is 12.1 Å². The maximum absolute atomic E-state index is 2.67. The molecule has 0 N–H and O–H groups in total. The van der Waals surface area contributed by atoms with Gasteiger partial charge in [0.05, 0.1) is 0 Å². The molecule has 69 heavy (non-hydrogen) atoms. The fourth-order valence-electron chi connectivity index (χ4n) is 15.1. The van der Waals surface area contributed by atoms with Gasteiger partial charge in [-0.25, -0.2) is 0 Å². The van der Waals surface area contributed by atoms with Crippen molar-refractivity contribution in [1.82, 2.24) is 0 Å². The molecule has 9 aromatic carbocycles. The van der Waals surface area contributed by atoms with Gasteiger partial charge >= 0.3 is 0 Å². The average Bonchev–Trinajstić information content (AvgIpc) is 3.40. The first-order valence-corrected chi connectivity index (χ1v) is 25.4. The molecule has 0 atom stereocenters. The predicted octanol–water partition coefficient (Wildman–Crippen LogP) is 14.9. The summed E-state index contributed by atoms with van der Waals surface area (Å²) in [4.78, 5) is 7.71. The molecule has 1 spiro atoms. The molecule has 7 aliphatic rings. The Balaban J connectivity index is 1.00. The summed E-state index contributed by atoms with van der Waals surface area (Å²) in [5.74, 6) is 3.03. The largest absolute Gasteiger partial charge is 0.311 e. The van der Waals surface area contributed by atoms with Crippen LogP contribution in [0, 0.1) is 30.6 Å². The van der Waals surface area contributed by atoms with E-state index >= 15 is 0 Å². The van der Waals surface area contributed by atoms with Gasteiger partial charge in [0.25, 0.3) is 6.71 Å². The van der Waals surface area contributed by atoms with Gasteiger partial charge in [0, 0.05) is 56.6 Å². The summed E-state index contributed by atoms with van der Waals surface area (Å²) in [6, 6.07) is 79.9. The molecule has 4 bridgehead atoms. The van der Waals surface area contributed by atoms with E-state index in [0.717, 1.165) is 28.9 Å². The zero-order valence-corrected chi connectivity index (χ0v) is 39.0. The minimum absolute atomic E-state index is 0.00769. The highest BCUT2D eigenvalue weighted by Gasteiger charge is 2.64. The first-order chi connectivity index (χ1) is 34.1. The molecule has 0 amide bonds. The first kappa shape index (κ1) is 39.4. The van der Waals surface area contributed by atoms with Crippen LogP contribution >= 0.6 is 0 Å². The standard InChI is InChI=1S/C65H52BN3/c1-42-25-34-57-62-64(42)69(53-21-12-5-13-22-53)60-41-48(47-28-26-46(27-29-47)45-15-6-2-7-16-45)40-59-63(60)66(62)61-56(65(57)49-36-43-35-44(38-49)39-50(65)37-43)23-14-24-58(61)68(59)55-32-30-54(31-33-55)67(51-17-8-3-9-18-51)52-19-10-4-11-20-52/h2-34,40-41,43-44,49-50H,35-39H2,1H3. The van der Waals surface area contributed by atoms with E-state index < -0.39 is 0 Å². The lowest BCUT2D eigenvalue weighted by atomic mass is 9.25. The third kappa shape index (κ3) is 5.63. The number of aryl methyl sites for hydroxylation is 1. The molecular formula is C65H52BN3. The molecule has 0 aromatic heterocycles. The van der Waals surface area contributed by atoms with Crippen molar-refractivity contribution in [2.45, 2.75) is 44.4 Å². The van der Waals surface area contributed by atoms with E-state index in [9.17, 15) is 0 Å². The third-order valence-electron chi connectivity index (χ3n) is 17.5. The lowest BCUT2D eigenvalue weighted by Crippen LogP contribution is -2.71. The van der Waals surface area contributed by atoms with Crippen molar-refractivity contribution in [3.63, 3.8) is 0 Å². The van der Waals surface area contributed by atoms with Crippen LogP contribution in [0.3, 0.4) is 0 Å². The zero-order chi connectivity index (χ0) is 45.4. The maximum Gasteiger partial charge on any atom is 0.252 e. The zero-order valence-electron chi connectivity index (χ0n) is 39.0. The molecule has 3 aliphatic heterocycles. The molecule has 3 nitrogen and oxygen atoms in total. The molecule has 4 fully saturated rings. The highest BCUT2D eigenvalue weighted by atomic mass is 15.2. The second kappa shape index (κ2) is 15.0. The second-order valence-corrected chi connectivity index (χ2v) is 20.9. The Morgan fingerprint density at radius 3 is 1.54 bits per heavy atom. The Bertz CT molecular complexity index is 3390. The summed E-state index contributed by atoms with van der Waals surface area (Å²) in [5, 5.41) is 0. The van der Waals surface area contributed by atoms with E-state index in [1.807, 2.05) is 0 Å². The van der Waals surface area contributed by atoms with Gasteiger partial charge in [-0.2, -0.15) is 0 Å². The quantitative estimate of drug-likeness (QED) is 0.148. The van der Waals surface area contributed by atoms with Crippen molar-refractivity contribution in [1.29, 1.82) is 0 Å². The van der Waals surface area contributed by atoms with Gasteiger partial charge < -0.3 is 14.7 Å². The van der Waals surface area contributed by atoms with Gasteiger partial charge in [-0.1, -0.05) is 133 Å². The van der Waals surface area contributed by atoms with E-state index in [1.165, 1.54) is 99.5 Å². The van der Waals surface area contributed by atoms with Crippen LogP contribution < -0.4 is 31.1 Å². The number of anilines is 9.